The number of rotatable bonds is 3. The lowest BCUT2D eigenvalue weighted by atomic mass is 10.2. The first-order chi connectivity index (χ1) is 11.1. The minimum Gasteiger partial charge on any atom is -0.403 e. The van der Waals surface area contributed by atoms with Crippen LogP contribution >= 0.6 is 0 Å². The van der Waals surface area contributed by atoms with Gasteiger partial charge in [-0.05, 0) is 29.8 Å². The smallest absolute Gasteiger partial charge is 0.363 e. The molecule has 0 saturated heterocycles. The molecule has 1 aliphatic heterocycles. The lowest BCUT2D eigenvalue weighted by Crippen LogP contribution is -2.01. The minimum atomic E-state index is -0.770. The van der Waals surface area contributed by atoms with Crippen LogP contribution in [0, 0.1) is 11.6 Å². The number of carbonyl (C=O) groups excluding carboxylic acids is 1. The van der Waals surface area contributed by atoms with Crippen molar-refractivity contribution in [2.45, 2.75) is 0 Å². The molecule has 0 radical (unpaired) electrons. The monoisotopic (exact) mass is 311 g/mol. The highest BCUT2D eigenvalue weighted by Crippen LogP contribution is 2.19. The van der Waals surface area contributed by atoms with Crippen LogP contribution in [0.25, 0.3) is 12.2 Å². The van der Waals surface area contributed by atoms with Gasteiger partial charge in [-0.25, -0.2) is 18.6 Å². The molecule has 3 rings (SSSR count). The van der Waals surface area contributed by atoms with E-state index in [1.54, 1.807) is 12.2 Å². The van der Waals surface area contributed by atoms with Gasteiger partial charge >= 0.3 is 5.97 Å². The minimum absolute atomic E-state index is 0.0387. The van der Waals surface area contributed by atoms with Gasteiger partial charge in [0.05, 0.1) is 0 Å². The summed E-state index contributed by atoms with van der Waals surface area (Å²) in [6, 6.07) is 12.5. The highest BCUT2D eigenvalue weighted by molar-refractivity contribution is 6.11. The van der Waals surface area contributed by atoms with Crippen LogP contribution in [0.2, 0.25) is 0 Å². The number of aliphatic imine (C=N–C) groups is 1. The second-order valence-corrected chi connectivity index (χ2v) is 4.78. The van der Waals surface area contributed by atoms with E-state index in [1.165, 1.54) is 12.1 Å². The molecule has 114 valence electrons. The van der Waals surface area contributed by atoms with Gasteiger partial charge in [-0.15, -0.1) is 0 Å². The normalized spacial score (nSPS) is 16.0. The summed E-state index contributed by atoms with van der Waals surface area (Å²) in [5, 5.41) is 0. The van der Waals surface area contributed by atoms with Gasteiger partial charge in [0, 0.05) is 17.7 Å². The van der Waals surface area contributed by atoms with Crippen LogP contribution in [-0.4, -0.2) is 11.9 Å². The van der Waals surface area contributed by atoms with Gasteiger partial charge in [-0.1, -0.05) is 30.3 Å². The molecule has 23 heavy (non-hydrogen) atoms. The van der Waals surface area contributed by atoms with E-state index < -0.39 is 17.6 Å². The lowest BCUT2D eigenvalue weighted by molar-refractivity contribution is -0.129. The molecule has 3 nitrogen and oxygen atoms in total. The Morgan fingerprint density at radius 3 is 2.52 bits per heavy atom. The first kappa shape index (κ1) is 14.8. The summed E-state index contributed by atoms with van der Waals surface area (Å²) < 4.78 is 31.5. The fourth-order valence-corrected chi connectivity index (χ4v) is 1.99. The fraction of sp³-hybridized carbons (Fsp3) is 0. The Bertz CT molecular complexity index is 839. The average molecular weight is 311 g/mol. The van der Waals surface area contributed by atoms with Gasteiger partial charge < -0.3 is 4.74 Å². The maximum atomic E-state index is 13.6. The Hall–Kier alpha value is -3.08. The SMILES string of the molecule is O=C1OC(/C=C/c2ccccc2)=NC/1=C\c1ccc(F)cc1F. The van der Waals surface area contributed by atoms with Crippen molar-refractivity contribution in [3.8, 4) is 0 Å². The Labute approximate surface area is 131 Å². The molecule has 2 aromatic rings. The van der Waals surface area contributed by atoms with Gasteiger partial charge in [0.25, 0.3) is 0 Å². The molecule has 0 fully saturated rings. The number of hydrogen-bond donors (Lipinski definition) is 0. The molecule has 5 heteroatoms. The number of cyclic esters (lactones) is 1. The molecule has 0 atom stereocenters. The van der Waals surface area contributed by atoms with Gasteiger partial charge in [0.2, 0.25) is 5.90 Å². The van der Waals surface area contributed by atoms with Gasteiger partial charge in [0.1, 0.15) is 11.6 Å². The Morgan fingerprint density at radius 2 is 1.78 bits per heavy atom. The first-order valence-electron chi connectivity index (χ1n) is 6.82. The number of halogens is 2. The predicted molar refractivity (Wildman–Crippen MR) is 83.3 cm³/mol. The van der Waals surface area contributed by atoms with Crippen molar-refractivity contribution in [1.82, 2.24) is 0 Å². The molecular formula is C18H11F2NO2. The van der Waals surface area contributed by atoms with Crippen molar-refractivity contribution in [2.75, 3.05) is 0 Å². The van der Waals surface area contributed by atoms with E-state index in [0.29, 0.717) is 0 Å². The predicted octanol–water partition coefficient (Wildman–Crippen LogP) is 3.97. The van der Waals surface area contributed by atoms with Crippen LogP contribution < -0.4 is 0 Å². The number of esters is 1. The lowest BCUT2D eigenvalue weighted by Gasteiger charge is -1.96. The molecular weight excluding hydrogens is 300 g/mol. The standard InChI is InChI=1S/C18H11F2NO2/c19-14-8-7-13(15(20)11-14)10-16-18(22)23-17(21-16)9-6-12-4-2-1-3-5-12/h1-11H/b9-6+,16-10-. The van der Waals surface area contributed by atoms with Gasteiger partial charge in [0.15, 0.2) is 5.70 Å². The van der Waals surface area contributed by atoms with E-state index >= 15 is 0 Å². The second-order valence-electron chi connectivity index (χ2n) is 4.78. The highest BCUT2D eigenvalue weighted by Gasteiger charge is 2.21. The zero-order chi connectivity index (χ0) is 16.2. The summed E-state index contributed by atoms with van der Waals surface area (Å²) >= 11 is 0. The van der Waals surface area contributed by atoms with Crippen LogP contribution in [0.5, 0.6) is 0 Å². The molecule has 0 aromatic heterocycles. The molecule has 0 spiro atoms. The summed E-state index contributed by atoms with van der Waals surface area (Å²) in [6.45, 7) is 0. The van der Waals surface area contributed by atoms with Gasteiger partial charge in [-0.2, -0.15) is 0 Å². The molecule has 0 aliphatic carbocycles. The Morgan fingerprint density at radius 1 is 1.00 bits per heavy atom. The van der Waals surface area contributed by atoms with E-state index in [1.807, 2.05) is 30.3 Å². The molecule has 0 unspecified atom stereocenters. The topological polar surface area (TPSA) is 38.7 Å². The third-order valence-electron chi connectivity index (χ3n) is 3.11. The molecule has 0 amide bonds. The van der Waals surface area contributed by atoms with Crippen molar-refractivity contribution in [3.63, 3.8) is 0 Å². The zero-order valence-corrected chi connectivity index (χ0v) is 11.9. The summed E-state index contributed by atoms with van der Waals surface area (Å²) in [4.78, 5) is 15.7. The summed E-state index contributed by atoms with van der Waals surface area (Å²) in [6.07, 6.45) is 4.52. The number of ether oxygens (including phenoxy) is 1. The van der Waals surface area contributed by atoms with Gasteiger partial charge in [-0.3, -0.25) is 0 Å². The average Bonchev–Trinajstić information content (AvgIpc) is 2.89. The summed E-state index contributed by atoms with van der Waals surface area (Å²) in [5.74, 6) is -2.02. The van der Waals surface area contributed by atoms with E-state index in [2.05, 4.69) is 4.99 Å². The summed E-state index contributed by atoms with van der Waals surface area (Å²) in [5.41, 5.74) is 0.951. The van der Waals surface area contributed by atoms with E-state index in [0.717, 1.165) is 17.7 Å². The zero-order valence-electron chi connectivity index (χ0n) is 11.9. The fourth-order valence-electron chi connectivity index (χ4n) is 1.99. The Kier molecular flexibility index (Phi) is 4.10. The van der Waals surface area contributed by atoms with Crippen molar-refractivity contribution in [3.05, 3.63) is 83.1 Å². The molecule has 1 aliphatic rings. The number of carbonyl (C=O) groups is 1. The Balaban J connectivity index is 1.83. The van der Waals surface area contributed by atoms with Crippen LogP contribution in [0.1, 0.15) is 11.1 Å². The molecule has 1 heterocycles. The van der Waals surface area contributed by atoms with Crippen LogP contribution in [-0.2, 0) is 9.53 Å². The third-order valence-corrected chi connectivity index (χ3v) is 3.11. The first-order valence-corrected chi connectivity index (χ1v) is 6.82. The molecule has 0 saturated carbocycles. The summed E-state index contributed by atoms with van der Waals surface area (Å²) in [7, 11) is 0. The van der Waals surface area contributed by atoms with E-state index in [9.17, 15) is 13.6 Å². The van der Waals surface area contributed by atoms with Crippen LogP contribution in [0.4, 0.5) is 8.78 Å². The van der Waals surface area contributed by atoms with E-state index in [4.69, 9.17) is 4.74 Å². The molecule has 0 bridgehead atoms. The van der Waals surface area contributed by atoms with Crippen molar-refractivity contribution < 1.29 is 18.3 Å². The van der Waals surface area contributed by atoms with Crippen molar-refractivity contribution in [2.24, 2.45) is 4.99 Å². The largest absolute Gasteiger partial charge is 0.403 e. The second kappa shape index (κ2) is 6.36. The number of hydrogen-bond acceptors (Lipinski definition) is 3. The number of nitrogens with zero attached hydrogens (tertiary/aromatic N) is 1. The molecule has 2 aromatic carbocycles. The van der Waals surface area contributed by atoms with Crippen LogP contribution in [0.15, 0.2) is 65.3 Å². The highest BCUT2D eigenvalue weighted by atomic mass is 19.1. The maximum absolute atomic E-state index is 13.6. The van der Waals surface area contributed by atoms with Crippen molar-refractivity contribution in [1.29, 1.82) is 0 Å². The molecule has 0 N–H and O–H groups in total. The maximum Gasteiger partial charge on any atom is 0.363 e. The van der Waals surface area contributed by atoms with Crippen LogP contribution in [0.3, 0.4) is 0 Å². The van der Waals surface area contributed by atoms with E-state index in [-0.39, 0.29) is 17.2 Å². The number of benzene rings is 2. The van der Waals surface area contributed by atoms with Crippen molar-refractivity contribution >= 4 is 24.0 Å². The quantitative estimate of drug-likeness (QED) is 0.635. The third kappa shape index (κ3) is 3.58.